The normalized spacial score (nSPS) is 26.1. The lowest BCUT2D eigenvalue weighted by molar-refractivity contribution is -0.138. The zero-order valence-corrected chi connectivity index (χ0v) is 9.11. The van der Waals surface area contributed by atoms with Gasteiger partial charge in [0.15, 0.2) is 0 Å². The molecule has 0 spiro atoms. The number of rotatable bonds is 4. The standard InChI is InChI=1S/C10H15N3O3/c1-16-9-6-12(7-10(14)15)5-8(9)13-4-2-3-11-13/h2-4,8-9H,5-7H2,1H3,(H,14,15)/t8-,9-/m1/s1. The quantitative estimate of drug-likeness (QED) is 0.771. The zero-order chi connectivity index (χ0) is 11.5. The van der Waals surface area contributed by atoms with Crippen molar-refractivity contribution in [2.45, 2.75) is 12.1 Å². The Labute approximate surface area is 93.4 Å². The van der Waals surface area contributed by atoms with E-state index >= 15 is 0 Å². The molecule has 2 heterocycles. The molecule has 1 saturated heterocycles. The Hall–Kier alpha value is -1.40. The third-order valence-electron chi connectivity index (χ3n) is 2.84. The van der Waals surface area contributed by atoms with Crippen molar-refractivity contribution in [3.8, 4) is 0 Å². The van der Waals surface area contributed by atoms with Crippen LogP contribution < -0.4 is 0 Å². The Morgan fingerprint density at radius 1 is 1.62 bits per heavy atom. The average Bonchev–Trinajstić information content (AvgIpc) is 2.83. The van der Waals surface area contributed by atoms with E-state index in [2.05, 4.69) is 5.10 Å². The van der Waals surface area contributed by atoms with Crippen LogP contribution in [0, 0.1) is 0 Å². The van der Waals surface area contributed by atoms with Crippen molar-refractivity contribution in [3.05, 3.63) is 18.5 Å². The first-order valence-electron chi connectivity index (χ1n) is 5.17. The van der Waals surface area contributed by atoms with Crippen LogP contribution in [0.3, 0.4) is 0 Å². The smallest absolute Gasteiger partial charge is 0.317 e. The monoisotopic (exact) mass is 225 g/mol. The molecule has 2 rings (SSSR count). The molecule has 1 aliphatic rings. The summed E-state index contributed by atoms with van der Waals surface area (Å²) in [6.07, 6.45) is 3.59. The van der Waals surface area contributed by atoms with Gasteiger partial charge in [-0.05, 0) is 6.07 Å². The first-order valence-corrected chi connectivity index (χ1v) is 5.17. The highest BCUT2D eigenvalue weighted by molar-refractivity contribution is 5.69. The van der Waals surface area contributed by atoms with Crippen LogP contribution in [0.15, 0.2) is 18.5 Å². The average molecular weight is 225 g/mol. The van der Waals surface area contributed by atoms with Crippen LogP contribution in [0.2, 0.25) is 0 Å². The van der Waals surface area contributed by atoms with Crippen molar-refractivity contribution in [3.63, 3.8) is 0 Å². The Morgan fingerprint density at radius 2 is 2.44 bits per heavy atom. The lowest BCUT2D eigenvalue weighted by atomic mass is 10.2. The molecule has 1 aliphatic heterocycles. The molecule has 0 aromatic carbocycles. The molecule has 0 amide bonds. The van der Waals surface area contributed by atoms with Crippen molar-refractivity contribution < 1.29 is 14.6 Å². The van der Waals surface area contributed by atoms with Crippen molar-refractivity contribution in [2.75, 3.05) is 26.7 Å². The number of carboxylic acids is 1. The van der Waals surface area contributed by atoms with Crippen LogP contribution in [0.1, 0.15) is 6.04 Å². The number of hydrogen-bond donors (Lipinski definition) is 1. The van der Waals surface area contributed by atoms with Gasteiger partial charge in [-0.15, -0.1) is 0 Å². The van der Waals surface area contributed by atoms with E-state index in [9.17, 15) is 4.79 Å². The molecule has 1 aromatic heterocycles. The van der Waals surface area contributed by atoms with Crippen molar-refractivity contribution in [2.24, 2.45) is 0 Å². The number of carbonyl (C=O) groups is 1. The minimum absolute atomic E-state index is 0.000694. The molecule has 1 aromatic rings. The number of methoxy groups -OCH3 is 1. The molecule has 1 fully saturated rings. The lowest BCUT2D eigenvalue weighted by Crippen LogP contribution is -2.28. The predicted octanol–water partition coefficient (Wildman–Crippen LogP) is -0.161. The summed E-state index contributed by atoms with van der Waals surface area (Å²) in [6, 6.07) is 1.95. The first kappa shape index (κ1) is 11.1. The molecule has 0 unspecified atom stereocenters. The third-order valence-corrected chi connectivity index (χ3v) is 2.84. The second-order valence-corrected chi connectivity index (χ2v) is 3.92. The maximum Gasteiger partial charge on any atom is 0.317 e. The fourth-order valence-electron chi connectivity index (χ4n) is 2.12. The molecular weight excluding hydrogens is 210 g/mol. The van der Waals surface area contributed by atoms with E-state index in [4.69, 9.17) is 9.84 Å². The Morgan fingerprint density at radius 3 is 3.00 bits per heavy atom. The van der Waals surface area contributed by atoms with Gasteiger partial charge in [0.25, 0.3) is 0 Å². The van der Waals surface area contributed by atoms with Crippen LogP contribution in [0.25, 0.3) is 0 Å². The molecule has 1 N–H and O–H groups in total. The largest absolute Gasteiger partial charge is 0.480 e. The molecule has 0 radical (unpaired) electrons. The van der Waals surface area contributed by atoms with Gasteiger partial charge in [-0.3, -0.25) is 14.4 Å². The highest BCUT2D eigenvalue weighted by Gasteiger charge is 2.35. The van der Waals surface area contributed by atoms with Gasteiger partial charge in [-0.2, -0.15) is 5.10 Å². The van der Waals surface area contributed by atoms with Gasteiger partial charge in [0.2, 0.25) is 0 Å². The van der Waals surface area contributed by atoms with E-state index < -0.39 is 5.97 Å². The molecule has 16 heavy (non-hydrogen) atoms. The summed E-state index contributed by atoms with van der Waals surface area (Å²) in [4.78, 5) is 12.5. The minimum atomic E-state index is -0.809. The van der Waals surface area contributed by atoms with Gasteiger partial charge in [0, 0.05) is 32.6 Å². The van der Waals surface area contributed by atoms with Gasteiger partial charge in [0.1, 0.15) is 0 Å². The molecule has 88 valence electrons. The Bertz CT molecular complexity index is 352. The highest BCUT2D eigenvalue weighted by atomic mass is 16.5. The molecular formula is C10H15N3O3. The maximum absolute atomic E-state index is 10.6. The van der Waals surface area contributed by atoms with Crippen molar-refractivity contribution in [1.29, 1.82) is 0 Å². The third kappa shape index (κ3) is 2.23. The molecule has 0 saturated carbocycles. The van der Waals surface area contributed by atoms with E-state index in [1.807, 2.05) is 21.8 Å². The number of carboxylic acid groups (broad SMARTS) is 1. The summed E-state index contributed by atoms with van der Waals surface area (Å²) in [5, 5.41) is 12.9. The molecule has 2 atom stereocenters. The second-order valence-electron chi connectivity index (χ2n) is 3.92. The van der Waals surface area contributed by atoms with Gasteiger partial charge >= 0.3 is 5.97 Å². The lowest BCUT2D eigenvalue weighted by Gasteiger charge is -2.16. The molecule has 6 heteroatoms. The van der Waals surface area contributed by atoms with Gasteiger partial charge in [-0.25, -0.2) is 0 Å². The number of hydrogen-bond acceptors (Lipinski definition) is 4. The summed E-state index contributed by atoms with van der Waals surface area (Å²) in [5.74, 6) is -0.809. The topological polar surface area (TPSA) is 67.6 Å². The van der Waals surface area contributed by atoms with Gasteiger partial charge in [-0.1, -0.05) is 0 Å². The summed E-state index contributed by atoms with van der Waals surface area (Å²) in [6.45, 7) is 1.34. The van der Waals surface area contributed by atoms with Crippen molar-refractivity contribution >= 4 is 5.97 Å². The Balaban J connectivity index is 2.05. The predicted molar refractivity (Wildman–Crippen MR) is 56.1 cm³/mol. The van der Waals surface area contributed by atoms with Crippen LogP contribution >= 0.6 is 0 Å². The Kier molecular flexibility index (Phi) is 3.21. The van der Waals surface area contributed by atoms with Crippen LogP contribution in [0.4, 0.5) is 0 Å². The number of nitrogens with zero attached hydrogens (tertiary/aromatic N) is 3. The van der Waals surface area contributed by atoms with Gasteiger partial charge < -0.3 is 9.84 Å². The number of ether oxygens (including phenoxy) is 1. The van der Waals surface area contributed by atoms with E-state index in [0.29, 0.717) is 13.1 Å². The van der Waals surface area contributed by atoms with E-state index in [0.717, 1.165) is 0 Å². The minimum Gasteiger partial charge on any atom is -0.480 e. The fourth-order valence-corrected chi connectivity index (χ4v) is 2.12. The fraction of sp³-hybridized carbons (Fsp3) is 0.600. The van der Waals surface area contributed by atoms with Gasteiger partial charge in [0.05, 0.1) is 18.7 Å². The van der Waals surface area contributed by atoms with E-state index in [1.54, 1.807) is 13.3 Å². The molecule has 0 aliphatic carbocycles. The molecule has 6 nitrogen and oxygen atoms in total. The van der Waals surface area contributed by atoms with Crippen LogP contribution in [-0.2, 0) is 9.53 Å². The maximum atomic E-state index is 10.6. The number of aliphatic carboxylic acids is 1. The summed E-state index contributed by atoms with van der Waals surface area (Å²) < 4.78 is 7.19. The zero-order valence-electron chi connectivity index (χ0n) is 9.11. The van der Waals surface area contributed by atoms with E-state index in [-0.39, 0.29) is 18.7 Å². The second kappa shape index (κ2) is 4.63. The van der Waals surface area contributed by atoms with Crippen LogP contribution in [0.5, 0.6) is 0 Å². The van der Waals surface area contributed by atoms with E-state index in [1.165, 1.54) is 0 Å². The number of likely N-dealkylation sites (tertiary alicyclic amines) is 1. The molecule has 0 bridgehead atoms. The summed E-state index contributed by atoms with van der Waals surface area (Å²) in [5.41, 5.74) is 0. The van der Waals surface area contributed by atoms with Crippen LogP contribution in [-0.4, -0.2) is 58.6 Å². The summed E-state index contributed by atoms with van der Waals surface area (Å²) >= 11 is 0. The summed E-state index contributed by atoms with van der Waals surface area (Å²) in [7, 11) is 1.64. The number of aromatic nitrogens is 2. The highest BCUT2D eigenvalue weighted by Crippen LogP contribution is 2.23. The van der Waals surface area contributed by atoms with Crippen molar-refractivity contribution in [1.82, 2.24) is 14.7 Å². The SMILES string of the molecule is CO[C@@H]1CN(CC(=O)O)C[C@H]1n1cccn1. The first-order chi connectivity index (χ1) is 7.70.